The Labute approximate surface area is 159 Å². The van der Waals surface area contributed by atoms with Crippen molar-refractivity contribution >= 4 is 23.3 Å². The van der Waals surface area contributed by atoms with Gasteiger partial charge in [0.2, 0.25) is 0 Å². The molecule has 0 saturated carbocycles. The normalized spacial score (nSPS) is 15.0. The van der Waals surface area contributed by atoms with Crippen LogP contribution in [0.3, 0.4) is 0 Å². The van der Waals surface area contributed by atoms with Crippen LogP contribution in [-0.4, -0.2) is 30.1 Å². The molecule has 5 nitrogen and oxygen atoms in total. The number of benzene rings is 1. The third-order valence-electron chi connectivity index (χ3n) is 4.52. The average Bonchev–Trinajstić information content (AvgIpc) is 3.18. The number of halogens is 1. The van der Waals surface area contributed by atoms with Gasteiger partial charge in [-0.05, 0) is 68.1 Å². The van der Waals surface area contributed by atoms with Crippen molar-refractivity contribution in [2.75, 3.05) is 18.0 Å². The molecule has 3 rings (SSSR count). The summed E-state index contributed by atoms with van der Waals surface area (Å²) < 4.78 is 5.71. The van der Waals surface area contributed by atoms with Crippen molar-refractivity contribution in [3.05, 3.63) is 52.7 Å². The molecule has 2 aromatic rings. The van der Waals surface area contributed by atoms with Gasteiger partial charge in [0.05, 0.1) is 0 Å². The number of amides is 1. The zero-order valence-electron chi connectivity index (χ0n) is 15.2. The summed E-state index contributed by atoms with van der Waals surface area (Å²) in [6.07, 6.45) is 3.63. The number of hydrogen-bond acceptors (Lipinski definition) is 4. The first kappa shape index (κ1) is 18.5. The van der Waals surface area contributed by atoms with E-state index in [1.165, 1.54) is 12.8 Å². The molecule has 1 unspecified atom stereocenters. The van der Waals surface area contributed by atoms with Crippen LogP contribution < -0.4 is 15.0 Å². The molecule has 1 aromatic carbocycles. The Morgan fingerprint density at radius 1 is 1.31 bits per heavy atom. The number of aromatic nitrogens is 1. The lowest BCUT2D eigenvalue weighted by Crippen LogP contribution is -2.36. The van der Waals surface area contributed by atoms with E-state index in [4.69, 9.17) is 16.3 Å². The lowest BCUT2D eigenvalue weighted by Gasteiger charge is -2.18. The predicted octanol–water partition coefficient (Wildman–Crippen LogP) is 3.73. The van der Waals surface area contributed by atoms with E-state index < -0.39 is 6.10 Å². The lowest BCUT2D eigenvalue weighted by atomic mass is 10.2. The van der Waals surface area contributed by atoms with E-state index in [0.717, 1.165) is 30.0 Å². The molecule has 1 aliphatic rings. The summed E-state index contributed by atoms with van der Waals surface area (Å²) in [5.74, 6) is 1.46. The smallest absolute Gasteiger partial charge is 0.261 e. The van der Waals surface area contributed by atoms with Gasteiger partial charge in [-0.2, -0.15) is 0 Å². The second kappa shape index (κ2) is 8.41. The summed E-state index contributed by atoms with van der Waals surface area (Å²) in [4.78, 5) is 19.0. The van der Waals surface area contributed by atoms with Gasteiger partial charge in [-0.3, -0.25) is 4.79 Å². The average molecular weight is 374 g/mol. The van der Waals surface area contributed by atoms with E-state index in [-0.39, 0.29) is 5.91 Å². The van der Waals surface area contributed by atoms with Crippen molar-refractivity contribution in [2.24, 2.45) is 0 Å². The van der Waals surface area contributed by atoms with Crippen LogP contribution in [-0.2, 0) is 11.3 Å². The minimum atomic E-state index is -0.588. The molecule has 0 spiro atoms. The highest BCUT2D eigenvalue weighted by Crippen LogP contribution is 2.22. The Hall–Kier alpha value is -2.27. The van der Waals surface area contributed by atoms with E-state index in [1.807, 2.05) is 25.1 Å². The minimum absolute atomic E-state index is 0.155. The maximum atomic E-state index is 12.3. The first-order chi connectivity index (χ1) is 12.5. The molecule has 1 saturated heterocycles. The number of carbonyl (C=O) groups is 1. The number of anilines is 1. The van der Waals surface area contributed by atoms with Gasteiger partial charge in [0.1, 0.15) is 11.6 Å². The molecule has 138 valence electrons. The summed E-state index contributed by atoms with van der Waals surface area (Å²) in [5, 5.41) is 3.61. The highest BCUT2D eigenvalue weighted by molar-refractivity contribution is 6.31. The van der Waals surface area contributed by atoms with Gasteiger partial charge in [0, 0.05) is 30.9 Å². The monoisotopic (exact) mass is 373 g/mol. The topological polar surface area (TPSA) is 54.5 Å². The molecule has 1 atom stereocenters. The van der Waals surface area contributed by atoms with Crippen molar-refractivity contribution in [3.63, 3.8) is 0 Å². The largest absolute Gasteiger partial charge is 0.481 e. The molecule has 1 aromatic heterocycles. The van der Waals surface area contributed by atoms with Crippen LogP contribution in [0.4, 0.5) is 5.82 Å². The second-order valence-corrected chi connectivity index (χ2v) is 7.01. The summed E-state index contributed by atoms with van der Waals surface area (Å²) in [6.45, 7) is 6.20. The first-order valence-electron chi connectivity index (χ1n) is 8.93. The molecule has 1 aliphatic heterocycles. The quantitative estimate of drug-likeness (QED) is 0.838. The number of rotatable bonds is 6. The van der Waals surface area contributed by atoms with Crippen molar-refractivity contribution in [1.29, 1.82) is 0 Å². The molecule has 0 radical (unpaired) electrons. The third kappa shape index (κ3) is 4.67. The summed E-state index contributed by atoms with van der Waals surface area (Å²) in [6, 6.07) is 9.34. The number of aryl methyl sites for hydroxylation is 1. The van der Waals surface area contributed by atoms with E-state index in [9.17, 15) is 4.79 Å². The molecule has 1 amide bonds. The molecular formula is C20H24ClN3O2. The Bertz CT molecular complexity index is 775. The van der Waals surface area contributed by atoms with Gasteiger partial charge in [-0.1, -0.05) is 11.6 Å². The van der Waals surface area contributed by atoms with Crippen LogP contribution >= 0.6 is 11.6 Å². The zero-order chi connectivity index (χ0) is 18.5. The van der Waals surface area contributed by atoms with Crippen LogP contribution in [0, 0.1) is 6.92 Å². The van der Waals surface area contributed by atoms with Crippen LogP contribution in [0.25, 0.3) is 0 Å². The van der Waals surface area contributed by atoms with E-state index >= 15 is 0 Å². The number of hydrogen-bond donors (Lipinski definition) is 1. The fraction of sp³-hybridized carbons (Fsp3) is 0.400. The van der Waals surface area contributed by atoms with Crippen LogP contribution in [0.5, 0.6) is 5.75 Å². The molecule has 1 N–H and O–H groups in total. The first-order valence-corrected chi connectivity index (χ1v) is 9.31. The predicted molar refractivity (Wildman–Crippen MR) is 104 cm³/mol. The molecule has 6 heteroatoms. The highest BCUT2D eigenvalue weighted by Gasteiger charge is 2.16. The van der Waals surface area contributed by atoms with Gasteiger partial charge in [-0.15, -0.1) is 0 Å². The number of ether oxygens (including phenoxy) is 1. The minimum Gasteiger partial charge on any atom is -0.481 e. The van der Waals surface area contributed by atoms with E-state index in [0.29, 0.717) is 17.3 Å². The Balaban J connectivity index is 1.54. The highest BCUT2D eigenvalue weighted by atomic mass is 35.5. The maximum Gasteiger partial charge on any atom is 0.261 e. The summed E-state index contributed by atoms with van der Waals surface area (Å²) in [5.41, 5.74) is 1.95. The molecule has 26 heavy (non-hydrogen) atoms. The van der Waals surface area contributed by atoms with Crippen LogP contribution in [0.2, 0.25) is 5.02 Å². The molecule has 1 fully saturated rings. The standard InChI is InChI=1S/C20H24ClN3O2/c1-14-11-17(5-6-18(14)21)26-15(2)20(25)23-13-16-7-8-22-19(12-16)24-9-3-4-10-24/h5-8,11-12,15H,3-4,9-10,13H2,1-2H3,(H,23,25). The molecule has 0 aliphatic carbocycles. The number of carbonyl (C=O) groups excluding carboxylic acids is 1. The van der Waals surface area contributed by atoms with Gasteiger partial charge in [0.15, 0.2) is 6.10 Å². The zero-order valence-corrected chi connectivity index (χ0v) is 15.9. The Kier molecular flexibility index (Phi) is 5.99. The SMILES string of the molecule is Cc1cc(OC(C)C(=O)NCc2ccnc(N3CCCC3)c2)ccc1Cl. The Morgan fingerprint density at radius 2 is 2.08 bits per heavy atom. The maximum absolute atomic E-state index is 12.3. The van der Waals surface area contributed by atoms with Gasteiger partial charge >= 0.3 is 0 Å². The van der Waals surface area contributed by atoms with Gasteiger partial charge in [-0.25, -0.2) is 4.98 Å². The fourth-order valence-corrected chi connectivity index (χ4v) is 3.09. The van der Waals surface area contributed by atoms with Crippen molar-refractivity contribution in [3.8, 4) is 5.75 Å². The molecule has 0 bridgehead atoms. The number of pyridine rings is 1. The molecule has 2 heterocycles. The Morgan fingerprint density at radius 3 is 2.81 bits per heavy atom. The lowest BCUT2D eigenvalue weighted by molar-refractivity contribution is -0.127. The summed E-state index contributed by atoms with van der Waals surface area (Å²) >= 11 is 6.01. The van der Waals surface area contributed by atoms with Gasteiger partial charge < -0.3 is 15.0 Å². The van der Waals surface area contributed by atoms with Gasteiger partial charge in [0.25, 0.3) is 5.91 Å². The second-order valence-electron chi connectivity index (χ2n) is 6.61. The van der Waals surface area contributed by atoms with Crippen molar-refractivity contribution in [1.82, 2.24) is 10.3 Å². The van der Waals surface area contributed by atoms with Crippen LogP contribution in [0.1, 0.15) is 30.9 Å². The fourth-order valence-electron chi connectivity index (χ4n) is 2.97. The van der Waals surface area contributed by atoms with E-state index in [1.54, 1.807) is 25.3 Å². The third-order valence-corrected chi connectivity index (χ3v) is 4.94. The molecular weight excluding hydrogens is 350 g/mol. The number of nitrogens with zero attached hydrogens (tertiary/aromatic N) is 2. The van der Waals surface area contributed by atoms with E-state index in [2.05, 4.69) is 15.2 Å². The van der Waals surface area contributed by atoms with Crippen LogP contribution in [0.15, 0.2) is 36.5 Å². The van der Waals surface area contributed by atoms with Crippen molar-refractivity contribution in [2.45, 2.75) is 39.3 Å². The number of nitrogens with one attached hydrogen (secondary N) is 1. The van der Waals surface area contributed by atoms with Crippen molar-refractivity contribution < 1.29 is 9.53 Å². The summed E-state index contributed by atoms with van der Waals surface area (Å²) in [7, 11) is 0.